The number of hydrogen-bond donors (Lipinski definition) is 1. The van der Waals surface area contributed by atoms with Crippen molar-refractivity contribution in [1.82, 2.24) is 20.0 Å². The third-order valence-electron chi connectivity index (χ3n) is 6.61. The topological polar surface area (TPSA) is 75.0 Å². The van der Waals surface area contributed by atoms with Crippen molar-refractivity contribution in [2.45, 2.75) is 20.0 Å². The van der Waals surface area contributed by atoms with Gasteiger partial charge in [-0.2, -0.15) is 0 Å². The minimum absolute atomic E-state index is 0.156. The summed E-state index contributed by atoms with van der Waals surface area (Å²) in [6, 6.07) is 23.6. The number of aryl methyl sites for hydroxylation is 1. The van der Waals surface area contributed by atoms with Crippen LogP contribution in [0.4, 0.5) is 4.39 Å². The summed E-state index contributed by atoms with van der Waals surface area (Å²) in [4.78, 5) is 23.3. The van der Waals surface area contributed by atoms with E-state index in [9.17, 15) is 9.18 Å². The number of nitrogens with zero attached hydrogens (tertiary/aromatic N) is 3. The maximum absolute atomic E-state index is 14.1. The second-order valence-corrected chi connectivity index (χ2v) is 9.01. The molecule has 0 aliphatic heterocycles. The van der Waals surface area contributed by atoms with E-state index in [1.807, 2.05) is 67.7 Å². The van der Waals surface area contributed by atoms with Gasteiger partial charge in [-0.15, -0.1) is 0 Å². The molecular weight excluding hydrogens is 467 g/mol. The van der Waals surface area contributed by atoms with Crippen LogP contribution in [0.2, 0.25) is 0 Å². The van der Waals surface area contributed by atoms with Crippen LogP contribution < -0.4 is 0 Å². The second-order valence-electron chi connectivity index (χ2n) is 9.01. The molecule has 0 fully saturated rings. The number of hydrogen-bond acceptors (Lipinski definition) is 4. The summed E-state index contributed by atoms with van der Waals surface area (Å²) in [5, 5.41) is 5.92. The molecule has 3 aromatic heterocycles. The molecule has 3 aromatic carbocycles. The SMILES string of the molecule is Cc1onc(-c2ccccc2)c1CN(Cc1c[nH]c2ccc(F)cc12)C(=O)c1ccc2ncccc2c1. The van der Waals surface area contributed by atoms with Crippen molar-refractivity contribution < 1.29 is 13.7 Å². The van der Waals surface area contributed by atoms with Gasteiger partial charge in [0.1, 0.15) is 17.3 Å². The van der Waals surface area contributed by atoms with E-state index < -0.39 is 0 Å². The molecule has 0 saturated carbocycles. The zero-order valence-corrected chi connectivity index (χ0v) is 20.1. The Kier molecular flexibility index (Phi) is 5.73. The van der Waals surface area contributed by atoms with Gasteiger partial charge in [0.05, 0.1) is 12.1 Å². The van der Waals surface area contributed by atoms with E-state index in [2.05, 4.69) is 15.1 Å². The molecule has 0 atom stereocenters. The number of fused-ring (bicyclic) bond motifs is 2. The lowest BCUT2D eigenvalue weighted by molar-refractivity contribution is 0.0730. The molecule has 1 N–H and O–H groups in total. The molecule has 0 saturated heterocycles. The van der Waals surface area contributed by atoms with Gasteiger partial charge < -0.3 is 14.4 Å². The number of pyridine rings is 1. The monoisotopic (exact) mass is 490 g/mol. The van der Waals surface area contributed by atoms with Gasteiger partial charge in [-0.1, -0.05) is 41.6 Å². The highest BCUT2D eigenvalue weighted by atomic mass is 19.1. The van der Waals surface area contributed by atoms with Crippen LogP contribution in [0.3, 0.4) is 0 Å². The highest BCUT2D eigenvalue weighted by Crippen LogP contribution is 2.29. The first-order chi connectivity index (χ1) is 18.1. The van der Waals surface area contributed by atoms with Crippen LogP contribution >= 0.6 is 0 Å². The summed E-state index contributed by atoms with van der Waals surface area (Å²) in [5.74, 6) is 0.162. The Labute approximate surface area is 212 Å². The van der Waals surface area contributed by atoms with Crippen LogP contribution in [0, 0.1) is 12.7 Å². The van der Waals surface area contributed by atoms with E-state index in [1.165, 1.54) is 12.1 Å². The van der Waals surface area contributed by atoms with E-state index in [0.29, 0.717) is 17.0 Å². The predicted octanol–water partition coefficient (Wildman–Crippen LogP) is 6.66. The number of halogens is 1. The van der Waals surface area contributed by atoms with Crippen LogP contribution in [0.25, 0.3) is 33.1 Å². The fourth-order valence-electron chi connectivity index (χ4n) is 4.67. The van der Waals surface area contributed by atoms with Gasteiger partial charge >= 0.3 is 0 Å². The van der Waals surface area contributed by atoms with Gasteiger partial charge in [-0.05, 0) is 55.0 Å². The Hall–Kier alpha value is -4.78. The number of nitrogens with one attached hydrogen (secondary N) is 1. The number of benzene rings is 3. The number of rotatable bonds is 6. The fraction of sp³-hybridized carbons (Fsp3) is 0.100. The van der Waals surface area contributed by atoms with Crippen LogP contribution in [0.1, 0.15) is 27.2 Å². The zero-order chi connectivity index (χ0) is 25.4. The third-order valence-corrected chi connectivity index (χ3v) is 6.61. The van der Waals surface area contributed by atoms with Gasteiger partial charge in [-0.3, -0.25) is 9.78 Å². The minimum Gasteiger partial charge on any atom is -0.361 e. The molecule has 0 aliphatic rings. The Balaban J connectivity index is 1.42. The fourth-order valence-corrected chi connectivity index (χ4v) is 4.67. The molecule has 0 bridgehead atoms. The second kappa shape index (κ2) is 9.35. The maximum atomic E-state index is 14.1. The number of amides is 1. The lowest BCUT2D eigenvalue weighted by atomic mass is 10.0. The van der Waals surface area contributed by atoms with Gasteiger partial charge in [0.15, 0.2) is 0 Å². The molecule has 7 heteroatoms. The summed E-state index contributed by atoms with van der Waals surface area (Å²) in [7, 11) is 0. The largest absolute Gasteiger partial charge is 0.361 e. The molecule has 0 aliphatic carbocycles. The molecule has 0 radical (unpaired) electrons. The summed E-state index contributed by atoms with van der Waals surface area (Å²) in [5.41, 5.74) is 5.43. The van der Waals surface area contributed by atoms with Crippen molar-refractivity contribution in [2.24, 2.45) is 0 Å². The molecule has 182 valence electrons. The van der Waals surface area contributed by atoms with Crippen LogP contribution in [-0.4, -0.2) is 25.9 Å². The number of aromatic nitrogens is 3. The highest BCUT2D eigenvalue weighted by molar-refractivity contribution is 5.98. The maximum Gasteiger partial charge on any atom is 0.254 e. The van der Waals surface area contributed by atoms with Crippen molar-refractivity contribution in [3.8, 4) is 11.3 Å². The lowest BCUT2D eigenvalue weighted by Crippen LogP contribution is -2.30. The van der Waals surface area contributed by atoms with Crippen molar-refractivity contribution in [1.29, 1.82) is 0 Å². The van der Waals surface area contributed by atoms with E-state index in [0.717, 1.165) is 38.5 Å². The van der Waals surface area contributed by atoms with E-state index in [4.69, 9.17) is 4.52 Å². The molecular formula is C30H23FN4O2. The van der Waals surface area contributed by atoms with Crippen molar-refractivity contribution >= 4 is 27.7 Å². The van der Waals surface area contributed by atoms with E-state index in [1.54, 1.807) is 23.2 Å². The molecule has 37 heavy (non-hydrogen) atoms. The number of aromatic amines is 1. The molecule has 6 rings (SSSR count). The quantitative estimate of drug-likeness (QED) is 0.283. The normalized spacial score (nSPS) is 11.3. The smallest absolute Gasteiger partial charge is 0.254 e. The van der Waals surface area contributed by atoms with Crippen LogP contribution in [0.5, 0.6) is 0 Å². The van der Waals surface area contributed by atoms with Crippen molar-refractivity contribution in [3.63, 3.8) is 0 Å². The molecule has 1 amide bonds. The molecule has 6 nitrogen and oxygen atoms in total. The van der Waals surface area contributed by atoms with Gasteiger partial charge in [0.2, 0.25) is 0 Å². The van der Waals surface area contributed by atoms with Crippen molar-refractivity contribution in [2.75, 3.05) is 0 Å². The molecule has 6 aromatic rings. The Morgan fingerprint density at radius 2 is 1.86 bits per heavy atom. The highest BCUT2D eigenvalue weighted by Gasteiger charge is 2.24. The third kappa shape index (κ3) is 4.36. The summed E-state index contributed by atoms with van der Waals surface area (Å²) >= 11 is 0. The first-order valence-electron chi connectivity index (χ1n) is 12.0. The Bertz CT molecular complexity index is 1740. The zero-order valence-electron chi connectivity index (χ0n) is 20.1. The first-order valence-corrected chi connectivity index (χ1v) is 12.0. The van der Waals surface area contributed by atoms with E-state index in [-0.39, 0.29) is 24.8 Å². The van der Waals surface area contributed by atoms with Gasteiger partial charge in [0, 0.05) is 51.9 Å². The minimum atomic E-state index is -0.325. The predicted molar refractivity (Wildman–Crippen MR) is 140 cm³/mol. The number of H-pyrrole nitrogens is 1. The molecule has 0 spiro atoms. The average molecular weight is 491 g/mol. The molecule has 0 unspecified atom stereocenters. The summed E-state index contributed by atoms with van der Waals surface area (Å²) in [6.07, 6.45) is 3.55. The lowest BCUT2D eigenvalue weighted by Gasteiger charge is -2.23. The molecule has 3 heterocycles. The van der Waals surface area contributed by atoms with Crippen LogP contribution in [0.15, 0.2) is 95.8 Å². The number of carbonyl (C=O) groups is 1. The number of carbonyl (C=O) groups excluding carboxylic acids is 1. The van der Waals surface area contributed by atoms with Crippen LogP contribution in [-0.2, 0) is 13.1 Å². The average Bonchev–Trinajstić information content (AvgIpc) is 3.50. The van der Waals surface area contributed by atoms with Gasteiger partial charge in [0.25, 0.3) is 5.91 Å². The van der Waals surface area contributed by atoms with Crippen molar-refractivity contribution in [3.05, 3.63) is 120 Å². The van der Waals surface area contributed by atoms with E-state index >= 15 is 0 Å². The van der Waals surface area contributed by atoms with Gasteiger partial charge in [-0.25, -0.2) is 4.39 Å². The first kappa shape index (κ1) is 22.7. The Morgan fingerprint density at radius 1 is 1.00 bits per heavy atom. The summed E-state index contributed by atoms with van der Waals surface area (Å²) < 4.78 is 19.6. The Morgan fingerprint density at radius 3 is 2.73 bits per heavy atom. The summed E-state index contributed by atoms with van der Waals surface area (Å²) in [6.45, 7) is 2.39. The standard InChI is InChI=1S/C30H23FN4O2/c1-19-26(29(34-37-19)20-6-3-2-4-7-20)18-35(17-23-16-33-28-12-10-24(31)15-25(23)28)30(36)22-9-11-27-21(14-22)8-5-13-32-27/h2-16,33H,17-18H2,1H3.